The first-order valence-corrected chi connectivity index (χ1v) is 39.0. The van der Waals surface area contributed by atoms with Crippen molar-refractivity contribution in [1.29, 1.82) is 0 Å². The van der Waals surface area contributed by atoms with E-state index in [0.717, 1.165) is 126 Å². The molecule has 0 saturated heterocycles. The maximum absolute atomic E-state index is 6.25. The molecule has 8 saturated carbocycles. The normalized spacial score (nSPS) is 25.0. The van der Waals surface area contributed by atoms with Crippen molar-refractivity contribution >= 4 is 0 Å². The number of hydrogen-bond donors (Lipinski definition) is 0. The molecule has 6 nitrogen and oxygen atoms in total. The van der Waals surface area contributed by atoms with Crippen molar-refractivity contribution < 1.29 is 28.4 Å². The number of hydrogen-bond acceptors (Lipinski definition) is 6. The molecule has 0 aromatic heterocycles. The molecular formula is C101H92O6. The molecule has 0 atom stereocenters. The average molecular weight is 1400 g/mol. The van der Waals surface area contributed by atoms with Crippen LogP contribution in [0.1, 0.15) is 144 Å². The lowest BCUT2D eigenvalue weighted by Gasteiger charge is -2.67. The van der Waals surface area contributed by atoms with Gasteiger partial charge in [0.2, 0.25) is 0 Å². The summed E-state index contributed by atoms with van der Waals surface area (Å²) in [4.78, 5) is 0. The maximum Gasteiger partial charge on any atom is 0.126 e. The van der Waals surface area contributed by atoms with Crippen LogP contribution in [0, 0.1) is 11.8 Å². The van der Waals surface area contributed by atoms with Crippen LogP contribution in [-0.4, -0.2) is 42.7 Å². The van der Waals surface area contributed by atoms with E-state index >= 15 is 0 Å². The van der Waals surface area contributed by atoms with Gasteiger partial charge in [-0.05, 0) is 314 Å². The molecule has 12 aromatic rings. The lowest BCUT2D eigenvalue weighted by Crippen LogP contribution is -2.62. The van der Waals surface area contributed by atoms with Gasteiger partial charge < -0.3 is 28.4 Å². The van der Waals surface area contributed by atoms with E-state index in [4.69, 9.17) is 28.4 Å². The second-order valence-corrected chi connectivity index (χ2v) is 33.9. The fourth-order valence-electron chi connectivity index (χ4n) is 24.1. The van der Waals surface area contributed by atoms with Gasteiger partial charge >= 0.3 is 0 Å². The van der Waals surface area contributed by atoms with Gasteiger partial charge in [-0.15, -0.1) is 0 Å². The smallest absolute Gasteiger partial charge is 0.126 e. The summed E-state index contributed by atoms with van der Waals surface area (Å²) in [6.45, 7) is 0. The highest BCUT2D eigenvalue weighted by Crippen LogP contribution is 2.73. The molecule has 12 aromatic carbocycles. The van der Waals surface area contributed by atoms with Crippen molar-refractivity contribution in [1.82, 2.24) is 0 Å². The molecule has 8 fully saturated rings. The van der Waals surface area contributed by atoms with Crippen molar-refractivity contribution in [3.8, 4) is 101 Å². The van der Waals surface area contributed by atoms with Gasteiger partial charge in [-0.25, -0.2) is 0 Å². The summed E-state index contributed by atoms with van der Waals surface area (Å²) in [5, 5.41) is 0. The Morgan fingerprint density at radius 1 is 0.196 bits per heavy atom. The standard InChI is InChI=1S/C101H92O6/c1-102-90-37-7-64-43-65-8-38-91(103-2)85(47-65)73-15-27-81(28-16-73)99-55-71-56-100(61-99)63-101(57-71,62-99)83-35-23-77(24-36-83)89-51-69(12-42-95(89)107-6)45-67-10-40-93(105-4)87(49-67)75-19-31-80(32-20-75)98-54-70-52-96(59-98,78-25-13-72(14-26-78)84(90)46-64)58-97(53-70,60-98)79-29-17-74(18-30-79)86-48-66(9-39-92(86)104-3)44-68-11-41-94(106-5)88(50-68)76-21-33-82(100)34-22-76/h7-42,46-51,70-71H,43-45,52-63H2,1-6H3. The Bertz CT molecular complexity index is 4580. The number of benzene rings is 12. The van der Waals surface area contributed by atoms with Crippen molar-refractivity contribution in [2.45, 2.75) is 129 Å². The Hall–Kier alpha value is -10.6. The van der Waals surface area contributed by atoms with Crippen LogP contribution < -0.4 is 28.4 Å². The first kappa shape index (κ1) is 65.9. The monoisotopic (exact) mass is 1400 g/mol. The largest absolute Gasteiger partial charge is 0.496 e. The van der Waals surface area contributed by atoms with Crippen LogP contribution in [0.2, 0.25) is 0 Å². The fraction of sp³-hybridized carbons (Fsp3) is 0.287. The van der Waals surface area contributed by atoms with Gasteiger partial charge in [-0.2, -0.15) is 0 Å². The molecule has 0 radical (unpaired) electrons. The average Bonchev–Trinajstić information content (AvgIpc) is 0.688. The molecule has 41 rings (SSSR count). The van der Waals surface area contributed by atoms with Crippen molar-refractivity contribution in [3.63, 3.8) is 0 Å². The van der Waals surface area contributed by atoms with Crippen LogP contribution in [0.3, 0.4) is 0 Å². The van der Waals surface area contributed by atoms with Crippen LogP contribution >= 0.6 is 0 Å². The summed E-state index contributed by atoms with van der Waals surface area (Å²) in [7, 11) is 10.9. The van der Waals surface area contributed by atoms with Crippen molar-refractivity contribution in [2.75, 3.05) is 42.7 Å². The number of ether oxygens (including phenoxy) is 6. The van der Waals surface area contributed by atoms with Crippen LogP contribution in [0.4, 0.5) is 0 Å². The van der Waals surface area contributed by atoms with Crippen molar-refractivity contribution in [2.24, 2.45) is 11.8 Å². The molecule has 107 heavy (non-hydrogen) atoms. The molecule has 29 aliphatic rings. The Morgan fingerprint density at radius 3 is 0.486 bits per heavy atom. The molecule has 0 aliphatic heterocycles. The quantitative estimate of drug-likeness (QED) is 0.165. The Kier molecular flexibility index (Phi) is 15.4. The molecule has 0 heterocycles. The maximum atomic E-state index is 6.25. The van der Waals surface area contributed by atoms with E-state index in [2.05, 4.69) is 255 Å². The minimum atomic E-state index is -0.0518. The van der Waals surface area contributed by atoms with E-state index in [1.165, 1.54) is 139 Å². The summed E-state index contributed by atoms with van der Waals surface area (Å²) in [5.41, 5.74) is 29.5. The van der Waals surface area contributed by atoms with E-state index < -0.39 is 0 Å². The number of rotatable bonds is 6. The van der Waals surface area contributed by atoms with Gasteiger partial charge in [-0.3, -0.25) is 0 Å². The third kappa shape index (κ3) is 10.8. The third-order valence-corrected chi connectivity index (χ3v) is 27.8. The lowest BCUT2D eigenvalue weighted by atomic mass is 9.36. The zero-order valence-corrected chi connectivity index (χ0v) is 62.5. The molecule has 0 amide bonds. The summed E-state index contributed by atoms with van der Waals surface area (Å²) in [6.07, 6.45) is 16.0. The van der Waals surface area contributed by atoms with E-state index in [1.54, 1.807) is 0 Å². The van der Waals surface area contributed by atoms with Crippen LogP contribution in [0.25, 0.3) is 66.8 Å². The van der Waals surface area contributed by atoms with Gasteiger partial charge in [0, 0.05) is 33.4 Å². The van der Waals surface area contributed by atoms with Crippen LogP contribution in [0.5, 0.6) is 34.5 Å². The predicted octanol–water partition coefficient (Wildman–Crippen LogP) is 23.4. The van der Waals surface area contributed by atoms with Gasteiger partial charge in [0.15, 0.2) is 0 Å². The third-order valence-electron chi connectivity index (χ3n) is 27.8. The number of methoxy groups -OCH3 is 6. The lowest BCUT2D eigenvalue weighted by molar-refractivity contribution is -0.0495. The molecule has 6 heteroatoms. The second-order valence-electron chi connectivity index (χ2n) is 33.9. The predicted molar refractivity (Wildman–Crippen MR) is 431 cm³/mol. The Morgan fingerprint density at radius 2 is 0.346 bits per heavy atom. The van der Waals surface area contributed by atoms with Gasteiger partial charge in [0.25, 0.3) is 0 Å². The highest BCUT2D eigenvalue weighted by Gasteiger charge is 2.66. The van der Waals surface area contributed by atoms with Gasteiger partial charge in [-0.1, -0.05) is 182 Å². The van der Waals surface area contributed by atoms with Gasteiger partial charge in [0.1, 0.15) is 34.5 Å². The van der Waals surface area contributed by atoms with E-state index in [1.807, 2.05) is 42.7 Å². The van der Waals surface area contributed by atoms with Gasteiger partial charge in [0.05, 0.1) is 42.7 Å². The zero-order chi connectivity index (χ0) is 72.0. The minimum Gasteiger partial charge on any atom is -0.496 e. The summed E-state index contributed by atoms with van der Waals surface area (Å²) in [5.74, 6) is 6.38. The molecule has 32 bridgehead atoms. The van der Waals surface area contributed by atoms with Crippen LogP contribution in [0.15, 0.2) is 255 Å². The fourth-order valence-corrected chi connectivity index (χ4v) is 24.1. The molecule has 29 aliphatic carbocycles. The summed E-state index contributed by atoms with van der Waals surface area (Å²) in [6, 6.07) is 99.5. The summed E-state index contributed by atoms with van der Waals surface area (Å²) < 4.78 is 37.5. The molecule has 0 N–H and O–H groups in total. The molecule has 0 unspecified atom stereocenters. The molecule has 6 spiro atoms. The summed E-state index contributed by atoms with van der Waals surface area (Å²) >= 11 is 0. The topological polar surface area (TPSA) is 55.4 Å². The van der Waals surface area contributed by atoms with Crippen molar-refractivity contribution in [3.05, 3.63) is 322 Å². The first-order chi connectivity index (χ1) is 52.3. The Labute approximate surface area is 630 Å². The zero-order valence-electron chi connectivity index (χ0n) is 62.5. The SMILES string of the molecule is COc1ccc2cc1-c1ccc(cc1)C13CC4CC5(C1)CC(C4)(C3)c1ccc(cc1)-c1cc(ccc1OC)Cc1ccc(OC)c(c1)-c1ccc(cc1)C13CC4CC(CC(C4)(C1)c1ccc(cc1)-c1cc(ccc1OC)Cc1ccc(OC)c(c1)-c1ccc5cc1)(C3)c1ccc(cc1)-c1cc(ccc1OC)C2. The Balaban J connectivity index is 0.789. The highest BCUT2D eigenvalue weighted by molar-refractivity contribution is 5.78. The van der Waals surface area contributed by atoms with Crippen LogP contribution in [-0.2, 0) is 51.8 Å². The van der Waals surface area contributed by atoms with E-state index in [-0.39, 0.29) is 32.5 Å². The molecular weight excluding hydrogens is 1310 g/mol. The second kappa shape index (κ2) is 25.0. The minimum absolute atomic E-state index is 0.0518. The van der Waals surface area contributed by atoms with E-state index in [9.17, 15) is 0 Å². The first-order valence-electron chi connectivity index (χ1n) is 39.0. The molecule has 532 valence electrons. The van der Waals surface area contributed by atoms with E-state index in [0.29, 0.717) is 11.8 Å². The highest BCUT2D eigenvalue weighted by atomic mass is 16.5.